The predicted octanol–water partition coefficient (Wildman–Crippen LogP) is 5.27. The van der Waals surface area contributed by atoms with Crippen molar-refractivity contribution < 1.29 is 9.59 Å². The van der Waals surface area contributed by atoms with Gasteiger partial charge in [-0.2, -0.15) is 0 Å². The van der Waals surface area contributed by atoms with Crippen LogP contribution in [-0.4, -0.2) is 16.8 Å². The number of amides is 2. The lowest BCUT2D eigenvalue weighted by atomic mass is 10.0. The highest BCUT2D eigenvalue weighted by atomic mass is 16.2. The molecular weight excluding hydrogens is 362 g/mol. The summed E-state index contributed by atoms with van der Waals surface area (Å²) in [5.74, 6) is -0.217. The Morgan fingerprint density at radius 1 is 0.862 bits per heavy atom. The maximum absolute atomic E-state index is 12.5. The Hall–Kier alpha value is -3.47. The van der Waals surface area contributed by atoms with Crippen LogP contribution in [0.5, 0.6) is 0 Å². The van der Waals surface area contributed by atoms with E-state index in [1.165, 1.54) is 23.4 Å². The van der Waals surface area contributed by atoms with Gasteiger partial charge >= 0.3 is 0 Å². The highest BCUT2D eigenvalue weighted by molar-refractivity contribution is 6.07. The number of rotatable bonds is 6. The second kappa shape index (κ2) is 9.15. The summed E-state index contributed by atoms with van der Waals surface area (Å²) in [6.07, 6.45) is 2.41. The van der Waals surface area contributed by atoms with Crippen LogP contribution < -0.4 is 10.6 Å². The first kappa shape index (κ1) is 20.3. The van der Waals surface area contributed by atoms with Crippen molar-refractivity contribution in [1.82, 2.24) is 4.98 Å². The van der Waals surface area contributed by atoms with E-state index in [0.29, 0.717) is 22.9 Å². The lowest BCUT2D eigenvalue weighted by Crippen LogP contribution is -2.17. The normalized spacial score (nSPS) is 10.6. The number of nitrogens with one attached hydrogen (secondary N) is 2. The molecule has 5 nitrogen and oxygen atoms in total. The van der Waals surface area contributed by atoms with Crippen molar-refractivity contribution in [2.75, 3.05) is 10.6 Å². The van der Waals surface area contributed by atoms with Crippen LogP contribution in [0, 0.1) is 0 Å². The molecule has 1 aromatic heterocycles. The summed E-state index contributed by atoms with van der Waals surface area (Å²) in [7, 11) is 0. The van der Waals surface area contributed by atoms with E-state index in [4.69, 9.17) is 0 Å². The third kappa shape index (κ3) is 5.29. The molecule has 3 rings (SSSR count). The Labute approximate surface area is 171 Å². The molecule has 1 heterocycles. The molecule has 5 heteroatoms. The van der Waals surface area contributed by atoms with E-state index in [1.54, 1.807) is 6.07 Å². The minimum Gasteiger partial charge on any atom is -0.322 e. The Morgan fingerprint density at radius 2 is 1.45 bits per heavy atom. The Morgan fingerprint density at radius 3 is 2.03 bits per heavy atom. The van der Waals surface area contributed by atoms with Crippen LogP contribution in [0.2, 0.25) is 0 Å². The van der Waals surface area contributed by atoms with Gasteiger partial charge in [-0.05, 0) is 59.9 Å². The summed E-state index contributed by atoms with van der Waals surface area (Å²) >= 11 is 0. The number of carbonyl (C=O) groups excluding carboxylic acids is 2. The Bertz CT molecular complexity index is 993. The molecule has 0 saturated carbocycles. The first-order chi connectivity index (χ1) is 14.0. The minimum atomic E-state index is -0.357. The number of carbonyl (C=O) groups is 2. The molecule has 29 heavy (non-hydrogen) atoms. The van der Waals surface area contributed by atoms with Gasteiger partial charge in [-0.1, -0.05) is 45.0 Å². The molecule has 0 unspecified atom stereocenters. The van der Waals surface area contributed by atoms with Crippen LogP contribution in [0.4, 0.5) is 11.4 Å². The van der Waals surface area contributed by atoms with E-state index in [9.17, 15) is 9.59 Å². The van der Waals surface area contributed by atoms with Gasteiger partial charge in [0, 0.05) is 23.1 Å². The summed E-state index contributed by atoms with van der Waals surface area (Å²) in [5, 5.41) is 5.66. The summed E-state index contributed by atoms with van der Waals surface area (Å²) in [5.41, 5.74) is 4.36. The number of pyridine rings is 1. The fourth-order valence-electron chi connectivity index (χ4n) is 2.87. The molecule has 0 saturated heterocycles. The maximum Gasteiger partial charge on any atom is 0.274 e. The van der Waals surface area contributed by atoms with Crippen LogP contribution >= 0.6 is 0 Å². The van der Waals surface area contributed by atoms with Crippen LogP contribution in [0.1, 0.15) is 58.7 Å². The highest BCUT2D eigenvalue weighted by Crippen LogP contribution is 2.18. The zero-order valence-electron chi connectivity index (χ0n) is 16.9. The number of benzene rings is 2. The molecule has 0 bridgehead atoms. The fourth-order valence-corrected chi connectivity index (χ4v) is 2.87. The Balaban J connectivity index is 1.68. The molecule has 0 atom stereocenters. The third-order valence-corrected chi connectivity index (χ3v) is 4.71. The Kier molecular flexibility index (Phi) is 6.39. The number of hydrogen-bond donors (Lipinski definition) is 2. The first-order valence-electron chi connectivity index (χ1n) is 9.74. The van der Waals surface area contributed by atoms with E-state index in [-0.39, 0.29) is 17.5 Å². The molecule has 0 radical (unpaired) electrons. The molecule has 0 aliphatic carbocycles. The van der Waals surface area contributed by atoms with Gasteiger partial charge < -0.3 is 10.6 Å². The van der Waals surface area contributed by atoms with Gasteiger partial charge in [0.25, 0.3) is 11.8 Å². The third-order valence-electron chi connectivity index (χ3n) is 4.71. The summed E-state index contributed by atoms with van der Waals surface area (Å²) in [4.78, 5) is 29.2. The molecule has 3 aromatic rings. The van der Waals surface area contributed by atoms with Gasteiger partial charge in [0.05, 0.1) is 0 Å². The summed E-state index contributed by atoms with van der Waals surface area (Å²) < 4.78 is 0. The number of hydrogen-bond acceptors (Lipinski definition) is 3. The van der Waals surface area contributed by atoms with Gasteiger partial charge in [-0.15, -0.1) is 0 Å². The molecule has 0 spiro atoms. The monoisotopic (exact) mass is 387 g/mol. The van der Waals surface area contributed by atoms with Crippen molar-refractivity contribution in [3.8, 4) is 0 Å². The minimum absolute atomic E-state index is 0.187. The molecular formula is C24H25N3O2. The predicted molar refractivity (Wildman–Crippen MR) is 116 cm³/mol. The number of aromatic nitrogens is 1. The molecule has 0 fully saturated rings. The van der Waals surface area contributed by atoms with Crippen LogP contribution in [-0.2, 0) is 6.42 Å². The standard InChI is InChI=1S/C24H25N3O2/c1-4-17-5-9-20(10-6-17)26-23(28)19-13-14-25-22(15-19)24(29)27-21-11-7-18(8-12-21)16(2)3/h5-16H,4H2,1-3H3,(H,26,28)(H,27,29). The van der Waals surface area contributed by atoms with Crippen molar-refractivity contribution in [3.63, 3.8) is 0 Å². The van der Waals surface area contributed by atoms with Gasteiger partial charge in [0.2, 0.25) is 0 Å². The van der Waals surface area contributed by atoms with Gasteiger partial charge in [-0.3, -0.25) is 14.6 Å². The second-order valence-electron chi connectivity index (χ2n) is 7.17. The van der Waals surface area contributed by atoms with Crippen molar-refractivity contribution in [3.05, 3.63) is 89.2 Å². The van der Waals surface area contributed by atoms with E-state index in [2.05, 4.69) is 36.4 Å². The van der Waals surface area contributed by atoms with Crippen molar-refractivity contribution in [2.45, 2.75) is 33.1 Å². The average Bonchev–Trinajstić information content (AvgIpc) is 2.74. The van der Waals surface area contributed by atoms with Crippen molar-refractivity contribution in [1.29, 1.82) is 0 Å². The molecule has 2 N–H and O–H groups in total. The quantitative estimate of drug-likeness (QED) is 0.605. The molecule has 2 aromatic carbocycles. The molecule has 148 valence electrons. The molecule has 2 amide bonds. The fraction of sp³-hybridized carbons (Fsp3) is 0.208. The maximum atomic E-state index is 12.5. The highest BCUT2D eigenvalue weighted by Gasteiger charge is 2.13. The average molecular weight is 387 g/mol. The summed E-state index contributed by atoms with van der Waals surface area (Å²) in [6, 6.07) is 18.5. The largest absolute Gasteiger partial charge is 0.322 e. The first-order valence-corrected chi connectivity index (χ1v) is 9.74. The SMILES string of the molecule is CCc1ccc(NC(=O)c2ccnc(C(=O)Nc3ccc(C(C)C)cc3)c2)cc1. The smallest absolute Gasteiger partial charge is 0.274 e. The van der Waals surface area contributed by atoms with Gasteiger partial charge in [-0.25, -0.2) is 0 Å². The van der Waals surface area contributed by atoms with E-state index >= 15 is 0 Å². The van der Waals surface area contributed by atoms with Gasteiger partial charge in [0.15, 0.2) is 0 Å². The van der Waals surface area contributed by atoms with Crippen molar-refractivity contribution >= 4 is 23.2 Å². The van der Waals surface area contributed by atoms with E-state index in [0.717, 1.165) is 6.42 Å². The van der Waals surface area contributed by atoms with Crippen LogP contribution in [0.3, 0.4) is 0 Å². The summed E-state index contributed by atoms with van der Waals surface area (Å²) in [6.45, 7) is 6.31. The molecule has 0 aliphatic rings. The van der Waals surface area contributed by atoms with Gasteiger partial charge in [0.1, 0.15) is 5.69 Å². The topological polar surface area (TPSA) is 71.1 Å². The van der Waals surface area contributed by atoms with Crippen LogP contribution in [0.15, 0.2) is 66.9 Å². The number of aryl methyl sites for hydroxylation is 1. The number of anilines is 2. The molecule has 0 aliphatic heterocycles. The number of nitrogens with zero attached hydrogens (tertiary/aromatic N) is 1. The van der Waals surface area contributed by atoms with E-state index < -0.39 is 0 Å². The zero-order valence-corrected chi connectivity index (χ0v) is 16.9. The second-order valence-corrected chi connectivity index (χ2v) is 7.17. The van der Waals surface area contributed by atoms with Crippen LogP contribution in [0.25, 0.3) is 0 Å². The lowest BCUT2D eigenvalue weighted by molar-refractivity contribution is 0.102. The zero-order chi connectivity index (χ0) is 20.8. The lowest BCUT2D eigenvalue weighted by Gasteiger charge is -2.09. The van der Waals surface area contributed by atoms with Crippen molar-refractivity contribution in [2.24, 2.45) is 0 Å². The van der Waals surface area contributed by atoms with E-state index in [1.807, 2.05) is 48.5 Å².